The SMILES string of the molecule is CN1C(=O)C2ON(c3ccccc3)C(/C=C/c3ccc(F)cc3)C2C1=O. The summed E-state index contributed by atoms with van der Waals surface area (Å²) in [6.45, 7) is 0. The molecule has 132 valence electrons. The Hall–Kier alpha value is -2.99. The third-order valence-electron chi connectivity index (χ3n) is 4.75. The van der Waals surface area contributed by atoms with E-state index in [-0.39, 0.29) is 17.6 Å². The highest BCUT2D eigenvalue weighted by molar-refractivity contribution is 6.07. The molecule has 6 heteroatoms. The third-order valence-corrected chi connectivity index (χ3v) is 4.75. The van der Waals surface area contributed by atoms with E-state index in [0.29, 0.717) is 0 Å². The predicted molar refractivity (Wildman–Crippen MR) is 94.3 cm³/mol. The predicted octanol–water partition coefficient (Wildman–Crippen LogP) is 2.64. The van der Waals surface area contributed by atoms with Gasteiger partial charge in [-0.05, 0) is 29.8 Å². The molecule has 0 bridgehead atoms. The van der Waals surface area contributed by atoms with Crippen LogP contribution >= 0.6 is 0 Å². The van der Waals surface area contributed by atoms with Crippen molar-refractivity contribution >= 4 is 23.6 Å². The van der Waals surface area contributed by atoms with Crippen LogP contribution in [0.2, 0.25) is 0 Å². The quantitative estimate of drug-likeness (QED) is 0.797. The second-order valence-electron chi connectivity index (χ2n) is 6.35. The zero-order valence-electron chi connectivity index (χ0n) is 14.1. The van der Waals surface area contributed by atoms with E-state index in [1.54, 1.807) is 17.2 Å². The van der Waals surface area contributed by atoms with E-state index in [1.165, 1.54) is 19.2 Å². The molecule has 26 heavy (non-hydrogen) atoms. The molecule has 0 spiro atoms. The first-order valence-electron chi connectivity index (χ1n) is 8.32. The normalized spacial score (nSPS) is 25.4. The van der Waals surface area contributed by atoms with Gasteiger partial charge in [-0.15, -0.1) is 0 Å². The number of hydrogen-bond acceptors (Lipinski definition) is 4. The molecule has 3 unspecified atom stereocenters. The van der Waals surface area contributed by atoms with Crippen LogP contribution in [-0.4, -0.2) is 35.9 Å². The van der Waals surface area contributed by atoms with Crippen LogP contribution in [-0.2, 0) is 14.4 Å². The fraction of sp³-hybridized carbons (Fsp3) is 0.200. The summed E-state index contributed by atoms with van der Waals surface area (Å²) < 4.78 is 13.1. The van der Waals surface area contributed by atoms with Gasteiger partial charge in [0, 0.05) is 7.05 Å². The number of amides is 2. The Balaban J connectivity index is 1.69. The smallest absolute Gasteiger partial charge is 0.261 e. The van der Waals surface area contributed by atoms with Crippen LogP contribution < -0.4 is 5.06 Å². The number of hydroxylamine groups is 1. The van der Waals surface area contributed by atoms with E-state index < -0.39 is 18.1 Å². The molecule has 0 aliphatic carbocycles. The minimum Gasteiger partial charge on any atom is -0.283 e. The van der Waals surface area contributed by atoms with Crippen LogP contribution in [0.3, 0.4) is 0 Å². The highest BCUT2D eigenvalue weighted by Crippen LogP contribution is 2.38. The Labute approximate surface area is 150 Å². The monoisotopic (exact) mass is 352 g/mol. The fourth-order valence-electron chi connectivity index (χ4n) is 3.37. The fourth-order valence-corrected chi connectivity index (χ4v) is 3.37. The highest BCUT2D eigenvalue weighted by Gasteiger charge is 2.57. The van der Waals surface area contributed by atoms with Crippen molar-refractivity contribution in [2.45, 2.75) is 12.1 Å². The first kappa shape index (κ1) is 16.5. The van der Waals surface area contributed by atoms with Crippen LogP contribution in [0.25, 0.3) is 6.08 Å². The van der Waals surface area contributed by atoms with Crippen LogP contribution in [0, 0.1) is 11.7 Å². The summed E-state index contributed by atoms with van der Waals surface area (Å²) >= 11 is 0. The number of nitrogens with zero attached hydrogens (tertiary/aromatic N) is 2. The number of para-hydroxylation sites is 1. The number of likely N-dealkylation sites (N-methyl/N-ethyl adjacent to an activating group) is 1. The summed E-state index contributed by atoms with van der Waals surface area (Å²) in [4.78, 5) is 31.9. The van der Waals surface area contributed by atoms with Gasteiger partial charge in [0.15, 0.2) is 6.10 Å². The summed E-state index contributed by atoms with van der Waals surface area (Å²) in [5.74, 6) is -1.51. The molecule has 0 radical (unpaired) electrons. The molecule has 2 aliphatic rings. The Morgan fingerprint density at radius 1 is 1.00 bits per heavy atom. The van der Waals surface area contributed by atoms with Gasteiger partial charge in [-0.1, -0.05) is 42.5 Å². The molecule has 0 aromatic heterocycles. The Morgan fingerprint density at radius 2 is 1.69 bits per heavy atom. The maximum Gasteiger partial charge on any atom is 0.261 e. The van der Waals surface area contributed by atoms with Crippen LogP contribution in [0.1, 0.15) is 5.56 Å². The zero-order valence-corrected chi connectivity index (χ0v) is 14.1. The standard InChI is InChI=1S/C20H17FN2O3/c1-22-19(24)17-16(12-9-13-7-10-14(21)11-8-13)23(26-18(17)20(22)25)15-5-3-2-4-6-15/h2-12,16-18H,1H3/b12-9+. The average Bonchev–Trinajstić information content (AvgIpc) is 3.14. The van der Waals surface area contributed by atoms with E-state index in [2.05, 4.69) is 0 Å². The number of carbonyl (C=O) groups is 2. The van der Waals surface area contributed by atoms with Gasteiger partial charge in [-0.2, -0.15) is 0 Å². The summed E-state index contributed by atoms with van der Waals surface area (Å²) in [6, 6.07) is 15.0. The second-order valence-corrected chi connectivity index (χ2v) is 6.35. The van der Waals surface area contributed by atoms with Gasteiger partial charge in [0.05, 0.1) is 11.7 Å². The minimum atomic E-state index is -0.824. The van der Waals surface area contributed by atoms with Crippen molar-refractivity contribution in [1.29, 1.82) is 0 Å². The summed E-state index contributed by atoms with van der Waals surface area (Å²) in [6.07, 6.45) is 2.81. The van der Waals surface area contributed by atoms with E-state index in [1.807, 2.05) is 42.5 Å². The summed E-state index contributed by atoms with van der Waals surface area (Å²) in [5.41, 5.74) is 1.56. The van der Waals surface area contributed by atoms with Gasteiger partial charge >= 0.3 is 0 Å². The summed E-state index contributed by atoms with van der Waals surface area (Å²) in [7, 11) is 1.47. The topological polar surface area (TPSA) is 49.9 Å². The minimum absolute atomic E-state index is 0.257. The number of halogens is 1. The molecule has 2 aliphatic heterocycles. The number of hydrogen-bond donors (Lipinski definition) is 0. The van der Waals surface area contributed by atoms with Crippen LogP contribution in [0.4, 0.5) is 10.1 Å². The van der Waals surface area contributed by atoms with Crippen molar-refractivity contribution in [3.8, 4) is 0 Å². The molecule has 2 fully saturated rings. The number of likely N-dealkylation sites (tertiary alicyclic amines) is 1. The Morgan fingerprint density at radius 3 is 2.38 bits per heavy atom. The number of imide groups is 1. The lowest BCUT2D eigenvalue weighted by Gasteiger charge is -2.25. The second kappa shape index (κ2) is 6.38. The first-order chi connectivity index (χ1) is 12.6. The van der Waals surface area contributed by atoms with Gasteiger partial charge < -0.3 is 0 Å². The van der Waals surface area contributed by atoms with Crippen molar-refractivity contribution in [2.75, 3.05) is 12.1 Å². The third kappa shape index (κ3) is 2.68. The maximum absolute atomic E-state index is 13.1. The average molecular weight is 352 g/mol. The molecule has 2 heterocycles. The molecule has 4 rings (SSSR count). The molecule has 3 atom stereocenters. The molecule has 0 N–H and O–H groups in total. The number of anilines is 1. The lowest BCUT2D eigenvalue weighted by Crippen LogP contribution is -2.37. The van der Waals surface area contributed by atoms with Crippen LogP contribution in [0.5, 0.6) is 0 Å². The Kier molecular flexibility index (Phi) is 4.05. The number of fused-ring (bicyclic) bond motifs is 1. The highest BCUT2D eigenvalue weighted by atomic mass is 19.1. The molecule has 2 saturated heterocycles. The van der Waals surface area contributed by atoms with Gasteiger partial charge in [-0.3, -0.25) is 19.3 Å². The van der Waals surface area contributed by atoms with E-state index in [9.17, 15) is 14.0 Å². The van der Waals surface area contributed by atoms with Crippen molar-refractivity contribution < 1.29 is 18.8 Å². The molecule has 5 nitrogen and oxygen atoms in total. The van der Waals surface area contributed by atoms with Crippen LogP contribution in [0.15, 0.2) is 60.7 Å². The van der Waals surface area contributed by atoms with Gasteiger partial charge in [0.1, 0.15) is 11.7 Å². The summed E-state index contributed by atoms with van der Waals surface area (Å²) in [5, 5.41) is 1.61. The van der Waals surface area contributed by atoms with E-state index >= 15 is 0 Å². The lowest BCUT2D eigenvalue weighted by molar-refractivity contribution is -0.141. The molecular weight excluding hydrogens is 335 g/mol. The first-order valence-corrected chi connectivity index (χ1v) is 8.32. The Bertz CT molecular complexity index is 866. The maximum atomic E-state index is 13.1. The largest absolute Gasteiger partial charge is 0.283 e. The molecule has 2 aromatic carbocycles. The van der Waals surface area contributed by atoms with Gasteiger partial charge in [0.25, 0.3) is 5.91 Å². The number of carbonyl (C=O) groups excluding carboxylic acids is 2. The van der Waals surface area contributed by atoms with Gasteiger partial charge in [-0.25, -0.2) is 9.45 Å². The van der Waals surface area contributed by atoms with E-state index in [4.69, 9.17) is 4.84 Å². The van der Waals surface area contributed by atoms with Crippen molar-refractivity contribution in [1.82, 2.24) is 4.90 Å². The number of benzene rings is 2. The molecule has 2 amide bonds. The molecule has 2 aromatic rings. The molecular formula is C20H17FN2O3. The van der Waals surface area contributed by atoms with E-state index in [0.717, 1.165) is 16.2 Å². The lowest BCUT2D eigenvalue weighted by atomic mass is 9.95. The van der Waals surface area contributed by atoms with Crippen molar-refractivity contribution in [2.24, 2.45) is 5.92 Å². The number of rotatable bonds is 3. The van der Waals surface area contributed by atoms with Crippen molar-refractivity contribution in [3.05, 3.63) is 72.1 Å². The van der Waals surface area contributed by atoms with Crippen molar-refractivity contribution in [3.63, 3.8) is 0 Å². The molecule has 0 saturated carbocycles. The zero-order chi connectivity index (χ0) is 18.3. The van der Waals surface area contributed by atoms with Gasteiger partial charge in [0.2, 0.25) is 5.91 Å².